The van der Waals surface area contributed by atoms with E-state index < -0.39 is 0 Å². The summed E-state index contributed by atoms with van der Waals surface area (Å²) in [5, 5.41) is 2.92. The second-order valence-corrected chi connectivity index (χ2v) is 6.08. The van der Waals surface area contributed by atoms with E-state index in [0.29, 0.717) is 26.0 Å². The summed E-state index contributed by atoms with van der Waals surface area (Å²) in [7, 11) is 0. The largest absolute Gasteiger partial charge is 0.494 e. The molecule has 0 atom stereocenters. The van der Waals surface area contributed by atoms with E-state index in [1.165, 1.54) is 0 Å². The van der Waals surface area contributed by atoms with Crippen LogP contribution in [0.5, 0.6) is 5.75 Å². The molecule has 0 spiro atoms. The van der Waals surface area contributed by atoms with E-state index >= 15 is 0 Å². The van der Waals surface area contributed by atoms with Crippen LogP contribution in [0.2, 0.25) is 0 Å². The van der Waals surface area contributed by atoms with E-state index in [9.17, 15) is 9.59 Å². The molecular formula is C20H22N2O3. The quantitative estimate of drug-likeness (QED) is 0.821. The standard InChI is InChI=1S/C20H22N2O3/c1-15(23)22-12-11-16-14-17(9-10-19(16)22)21-20(24)8-5-13-25-18-6-3-2-4-7-18/h2-4,6-7,9-10,14H,5,8,11-13H2,1H3,(H,21,24). The number of rotatable bonds is 6. The third-order valence-electron chi connectivity index (χ3n) is 4.20. The molecule has 0 saturated carbocycles. The van der Waals surface area contributed by atoms with E-state index in [4.69, 9.17) is 4.74 Å². The fraction of sp³-hybridized carbons (Fsp3) is 0.300. The van der Waals surface area contributed by atoms with Crippen molar-refractivity contribution in [2.75, 3.05) is 23.4 Å². The van der Waals surface area contributed by atoms with Crippen LogP contribution in [0.15, 0.2) is 48.5 Å². The van der Waals surface area contributed by atoms with Gasteiger partial charge in [0.15, 0.2) is 0 Å². The lowest BCUT2D eigenvalue weighted by molar-refractivity contribution is -0.117. The number of amides is 2. The van der Waals surface area contributed by atoms with Crippen LogP contribution in [0, 0.1) is 0 Å². The van der Waals surface area contributed by atoms with Gasteiger partial charge in [-0.05, 0) is 48.7 Å². The summed E-state index contributed by atoms with van der Waals surface area (Å²) in [6.45, 7) is 2.79. The molecule has 0 radical (unpaired) electrons. The van der Waals surface area contributed by atoms with Crippen LogP contribution in [0.3, 0.4) is 0 Å². The Morgan fingerprint density at radius 3 is 2.72 bits per heavy atom. The van der Waals surface area contributed by atoms with Gasteiger partial charge in [-0.25, -0.2) is 0 Å². The topological polar surface area (TPSA) is 58.6 Å². The molecule has 0 aromatic heterocycles. The molecule has 0 aliphatic carbocycles. The van der Waals surface area contributed by atoms with Gasteiger partial charge >= 0.3 is 0 Å². The van der Waals surface area contributed by atoms with Crippen LogP contribution in [0.25, 0.3) is 0 Å². The number of carbonyl (C=O) groups is 2. The van der Waals surface area contributed by atoms with Crippen molar-refractivity contribution in [3.05, 3.63) is 54.1 Å². The molecule has 5 heteroatoms. The molecule has 0 bridgehead atoms. The number of carbonyl (C=O) groups excluding carboxylic acids is 2. The third kappa shape index (κ3) is 4.38. The molecule has 0 saturated heterocycles. The SMILES string of the molecule is CC(=O)N1CCc2cc(NC(=O)CCCOc3ccccc3)ccc21. The molecule has 25 heavy (non-hydrogen) atoms. The second-order valence-electron chi connectivity index (χ2n) is 6.08. The number of hydrogen-bond donors (Lipinski definition) is 1. The van der Waals surface area contributed by atoms with Crippen LogP contribution in [-0.2, 0) is 16.0 Å². The lowest BCUT2D eigenvalue weighted by Crippen LogP contribution is -2.25. The first-order valence-electron chi connectivity index (χ1n) is 8.52. The van der Waals surface area contributed by atoms with Gasteiger partial charge in [-0.2, -0.15) is 0 Å². The minimum absolute atomic E-state index is 0.0296. The predicted molar refractivity (Wildman–Crippen MR) is 98.0 cm³/mol. The van der Waals surface area contributed by atoms with Crippen LogP contribution in [0.4, 0.5) is 11.4 Å². The Morgan fingerprint density at radius 2 is 1.96 bits per heavy atom. The van der Waals surface area contributed by atoms with Gasteiger partial charge in [-0.1, -0.05) is 18.2 Å². The summed E-state index contributed by atoms with van der Waals surface area (Å²) in [5.74, 6) is 0.837. The molecule has 1 aliphatic heterocycles. The van der Waals surface area contributed by atoms with Crippen molar-refractivity contribution in [1.29, 1.82) is 0 Å². The van der Waals surface area contributed by atoms with Gasteiger partial charge in [0, 0.05) is 31.3 Å². The number of nitrogens with one attached hydrogen (secondary N) is 1. The lowest BCUT2D eigenvalue weighted by Gasteiger charge is -2.15. The molecule has 3 rings (SSSR count). The van der Waals surface area contributed by atoms with Gasteiger partial charge in [-0.15, -0.1) is 0 Å². The van der Waals surface area contributed by atoms with Gasteiger partial charge in [0.25, 0.3) is 0 Å². The number of fused-ring (bicyclic) bond motifs is 1. The second kappa shape index (κ2) is 7.83. The Labute approximate surface area is 147 Å². The number of anilines is 2. The summed E-state index contributed by atoms with van der Waals surface area (Å²) in [4.78, 5) is 25.4. The van der Waals surface area contributed by atoms with Crippen LogP contribution < -0.4 is 15.0 Å². The molecule has 2 aromatic carbocycles. The van der Waals surface area contributed by atoms with E-state index in [1.54, 1.807) is 11.8 Å². The van der Waals surface area contributed by atoms with E-state index in [-0.39, 0.29) is 11.8 Å². The molecule has 0 unspecified atom stereocenters. The number of nitrogens with zero attached hydrogens (tertiary/aromatic N) is 1. The summed E-state index contributed by atoms with van der Waals surface area (Å²) in [5.41, 5.74) is 2.82. The van der Waals surface area contributed by atoms with Crippen molar-refractivity contribution in [3.63, 3.8) is 0 Å². The van der Waals surface area contributed by atoms with Crippen molar-refractivity contribution in [1.82, 2.24) is 0 Å². The van der Waals surface area contributed by atoms with Crippen LogP contribution in [-0.4, -0.2) is 25.0 Å². The minimum atomic E-state index is -0.0296. The molecule has 0 fully saturated rings. The number of benzene rings is 2. The fourth-order valence-electron chi connectivity index (χ4n) is 2.97. The average molecular weight is 338 g/mol. The summed E-state index contributed by atoms with van der Waals surface area (Å²) >= 11 is 0. The summed E-state index contributed by atoms with van der Waals surface area (Å²) in [6, 6.07) is 15.3. The highest BCUT2D eigenvalue weighted by Gasteiger charge is 2.22. The summed E-state index contributed by atoms with van der Waals surface area (Å²) in [6.07, 6.45) is 1.89. The lowest BCUT2D eigenvalue weighted by atomic mass is 10.1. The monoisotopic (exact) mass is 338 g/mol. The van der Waals surface area contributed by atoms with Gasteiger partial charge in [0.05, 0.1) is 6.61 Å². The molecule has 2 amide bonds. The van der Waals surface area contributed by atoms with Gasteiger partial charge in [0.1, 0.15) is 5.75 Å². The van der Waals surface area contributed by atoms with E-state index in [2.05, 4.69) is 5.32 Å². The molecule has 130 valence electrons. The first kappa shape index (κ1) is 17.0. The number of para-hydroxylation sites is 1. The summed E-state index contributed by atoms with van der Waals surface area (Å²) < 4.78 is 5.58. The van der Waals surface area contributed by atoms with Crippen LogP contribution >= 0.6 is 0 Å². The first-order valence-corrected chi connectivity index (χ1v) is 8.52. The van der Waals surface area contributed by atoms with Crippen molar-refractivity contribution in [2.45, 2.75) is 26.2 Å². The zero-order valence-electron chi connectivity index (χ0n) is 14.3. The van der Waals surface area contributed by atoms with E-state index in [0.717, 1.165) is 29.1 Å². The Bertz CT molecular complexity index is 759. The normalized spacial score (nSPS) is 12.6. The van der Waals surface area contributed by atoms with Crippen LogP contribution in [0.1, 0.15) is 25.3 Å². The van der Waals surface area contributed by atoms with Crippen molar-refractivity contribution in [3.8, 4) is 5.75 Å². The Morgan fingerprint density at radius 1 is 1.16 bits per heavy atom. The molecule has 1 heterocycles. The van der Waals surface area contributed by atoms with Crippen molar-refractivity contribution >= 4 is 23.2 Å². The van der Waals surface area contributed by atoms with Gasteiger partial charge < -0.3 is 15.0 Å². The molecule has 2 aromatic rings. The molecule has 1 N–H and O–H groups in total. The first-order chi connectivity index (χ1) is 12.1. The third-order valence-corrected chi connectivity index (χ3v) is 4.20. The maximum absolute atomic E-state index is 12.1. The molecule has 1 aliphatic rings. The maximum atomic E-state index is 12.1. The average Bonchev–Trinajstić information content (AvgIpc) is 3.03. The maximum Gasteiger partial charge on any atom is 0.224 e. The van der Waals surface area contributed by atoms with Gasteiger partial charge in [-0.3, -0.25) is 9.59 Å². The number of ether oxygens (including phenoxy) is 1. The Balaban J connectivity index is 1.46. The van der Waals surface area contributed by atoms with Crippen molar-refractivity contribution < 1.29 is 14.3 Å². The highest BCUT2D eigenvalue weighted by Crippen LogP contribution is 2.30. The van der Waals surface area contributed by atoms with Crippen molar-refractivity contribution in [2.24, 2.45) is 0 Å². The van der Waals surface area contributed by atoms with Gasteiger partial charge in [0.2, 0.25) is 11.8 Å². The molecular weight excluding hydrogens is 316 g/mol. The number of hydrogen-bond acceptors (Lipinski definition) is 3. The smallest absolute Gasteiger partial charge is 0.224 e. The zero-order chi connectivity index (χ0) is 17.6. The predicted octanol–water partition coefficient (Wildman–Crippen LogP) is 3.39. The minimum Gasteiger partial charge on any atom is -0.494 e. The zero-order valence-corrected chi connectivity index (χ0v) is 14.3. The highest BCUT2D eigenvalue weighted by molar-refractivity contribution is 5.95. The van der Waals surface area contributed by atoms with E-state index in [1.807, 2.05) is 48.5 Å². The highest BCUT2D eigenvalue weighted by atomic mass is 16.5. The fourth-order valence-corrected chi connectivity index (χ4v) is 2.97. The molecule has 5 nitrogen and oxygen atoms in total. The Kier molecular flexibility index (Phi) is 5.33. The Hall–Kier alpha value is -2.82.